The molecule has 7 heteroatoms. The molecule has 0 saturated heterocycles. The second-order valence-electron chi connectivity index (χ2n) is 5.20. The van der Waals surface area contributed by atoms with Crippen LogP contribution in [-0.2, 0) is 16.4 Å². The van der Waals surface area contributed by atoms with Crippen molar-refractivity contribution in [2.24, 2.45) is 0 Å². The molecule has 21 heavy (non-hydrogen) atoms. The number of sulfonamides is 1. The summed E-state index contributed by atoms with van der Waals surface area (Å²) in [6.07, 6.45) is 1.65. The molecule has 1 atom stereocenters. The largest absolute Gasteiger partial charge is 0.315 e. The highest BCUT2D eigenvalue weighted by Gasteiger charge is 2.35. The summed E-state index contributed by atoms with van der Waals surface area (Å²) in [6.45, 7) is 1.61. The topological polar surface area (TPSA) is 70.2 Å². The van der Waals surface area contributed by atoms with Crippen LogP contribution in [0.15, 0.2) is 33.3 Å². The zero-order valence-corrected chi connectivity index (χ0v) is 13.4. The van der Waals surface area contributed by atoms with Gasteiger partial charge in [-0.3, -0.25) is 4.79 Å². The van der Waals surface area contributed by atoms with Gasteiger partial charge in [-0.1, -0.05) is 35.6 Å². The number of hydrogen-bond donors (Lipinski definition) is 1. The fraction of sp³-hybridized carbons (Fsp3) is 0.357. The van der Waals surface area contributed by atoms with E-state index in [0.717, 1.165) is 29.7 Å². The number of rotatable bonds is 3. The standard InChI is InChI=1S/C14H16N2O3S2/c1-9-13(20-14(17)15-9)21(18,19)16(2)12-8-7-10-5-3-4-6-11(10)12/h3-6,12H,7-8H2,1-2H3,(H,15,17). The fourth-order valence-corrected chi connectivity index (χ4v) is 5.68. The first-order valence-corrected chi connectivity index (χ1v) is 8.92. The number of aromatic nitrogens is 1. The lowest BCUT2D eigenvalue weighted by Gasteiger charge is -2.24. The lowest BCUT2D eigenvalue weighted by atomic mass is 10.1. The Morgan fingerprint density at radius 1 is 1.33 bits per heavy atom. The Bertz CT molecular complexity index is 836. The van der Waals surface area contributed by atoms with E-state index in [-0.39, 0.29) is 15.1 Å². The van der Waals surface area contributed by atoms with E-state index in [9.17, 15) is 13.2 Å². The molecule has 2 aromatic rings. The minimum atomic E-state index is -3.65. The third-order valence-corrected chi connectivity index (χ3v) is 7.38. The first-order chi connectivity index (χ1) is 9.91. The first-order valence-electron chi connectivity index (χ1n) is 6.67. The molecule has 1 N–H and O–H groups in total. The second-order valence-corrected chi connectivity index (χ2v) is 8.38. The van der Waals surface area contributed by atoms with Crippen LogP contribution in [0.25, 0.3) is 0 Å². The lowest BCUT2D eigenvalue weighted by Crippen LogP contribution is -2.30. The maximum Gasteiger partial charge on any atom is 0.305 e. The monoisotopic (exact) mass is 324 g/mol. The Hall–Kier alpha value is -1.44. The van der Waals surface area contributed by atoms with E-state index < -0.39 is 10.0 Å². The van der Waals surface area contributed by atoms with Crippen molar-refractivity contribution in [1.82, 2.24) is 9.29 Å². The van der Waals surface area contributed by atoms with E-state index in [1.165, 1.54) is 9.87 Å². The van der Waals surface area contributed by atoms with Gasteiger partial charge in [0, 0.05) is 12.7 Å². The van der Waals surface area contributed by atoms with Gasteiger partial charge in [0.15, 0.2) is 4.21 Å². The van der Waals surface area contributed by atoms with E-state index in [2.05, 4.69) is 4.98 Å². The number of H-pyrrole nitrogens is 1. The van der Waals surface area contributed by atoms with Crippen LogP contribution in [0.5, 0.6) is 0 Å². The van der Waals surface area contributed by atoms with Crippen LogP contribution in [-0.4, -0.2) is 24.8 Å². The van der Waals surface area contributed by atoms with Gasteiger partial charge in [0.2, 0.25) is 0 Å². The zero-order chi connectivity index (χ0) is 15.2. The van der Waals surface area contributed by atoms with Crippen molar-refractivity contribution in [1.29, 1.82) is 0 Å². The van der Waals surface area contributed by atoms with Gasteiger partial charge in [-0.25, -0.2) is 8.42 Å². The molecule has 0 aliphatic heterocycles. The van der Waals surface area contributed by atoms with Crippen molar-refractivity contribution >= 4 is 21.4 Å². The summed E-state index contributed by atoms with van der Waals surface area (Å²) in [5.41, 5.74) is 2.66. The molecule has 0 radical (unpaired) electrons. The number of aryl methyl sites for hydroxylation is 2. The van der Waals surface area contributed by atoms with Gasteiger partial charge in [-0.05, 0) is 30.9 Å². The van der Waals surface area contributed by atoms with E-state index in [4.69, 9.17) is 0 Å². The third kappa shape index (κ3) is 2.35. The quantitative estimate of drug-likeness (QED) is 0.939. The Morgan fingerprint density at radius 2 is 2.05 bits per heavy atom. The molecule has 1 heterocycles. The van der Waals surface area contributed by atoms with Crippen LogP contribution in [0.2, 0.25) is 0 Å². The fourth-order valence-electron chi connectivity index (χ4n) is 2.85. The maximum atomic E-state index is 12.7. The summed E-state index contributed by atoms with van der Waals surface area (Å²) in [7, 11) is -2.07. The first kappa shape index (κ1) is 14.5. The van der Waals surface area contributed by atoms with E-state index in [1.807, 2.05) is 24.3 Å². The molecule has 1 aliphatic carbocycles. The molecular formula is C14H16N2O3S2. The number of thiazole rings is 1. The summed E-state index contributed by atoms with van der Waals surface area (Å²) in [5, 5.41) is 0. The molecule has 1 unspecified atom stereocenters. The van der Waals surface area contributed by atoms with Crippen molar-refractivity contribution in [3.63, 3.8) is 0 Å². The van der Waals surface area contributed by atoms with Gasteiger partial charge < -0.3 is 4.98 Å². The van der Waals surface area contributed by atoms with E-state index in [1.54, 1.807) is 14.0 Å². The highest BCUT2D eigenvalue weighted by Crippen LogP contribution is 2.38. The third-order valence-electron chi connectivity index (χ3n) is 3.93. The van der Waals surface area contributed by atoms with Crippen LogP contribution in [0.1, 0.15) is 29.3 Å². The summed E-state index contributed by atoms with van der Waals surface area (Å²) in [4.78, 5) is 13.6. The average Bonchev–Trinajstić information content (AvgIpc) is 3.01. The van der Waals surface area contributed by atoms with Crippen molar-refractivity contribution in [3.05, 3.63) is 50.8 Å². The summed E-state index contributed by atoms with van der Waals surface area (Å²) in [5.74, 6) is 0. The van der Waals surface area contributed by atoms with Crippen LogP contribution in [0, 0.1) is 6.92 Å². The lowest BCUT2D eigenvalue weighted by molar-refractivity contribution is 0.375. The maximum absolute atomic E-state index is 12.7. The molecule has 5 nitrogen and oxygen atoms in total. The molecule has 1 aromatic carbocycles. The van der Waals surface area contributed by atoms with Crippen molar-refractivity contribution in [2.45, 2.75) is 30.0 Å². The number of nitrogens with zero attached hydrogens (tertiary/aromatic N) is 1. The summed E-state index contributed by atoms with van der Waals surface area (Å²) < 4.78 is 27.0. The molecule has 0 bridgehead atoms. The molecule has 1 aromatic heterocycles. The zero-order valence-electron chi connectivity index (χ0n) is 11.8. The highest BCUT2D eigenvalue weighted by molar-refractivity contribution is 7.91. The Balaban J connectivity index is 2.01. The van der Waals surface area contributed by atoms with Crippen molar-refractivity contribution in [3.8, 4) is 0 Å². The van der Waals surface area contributed by atoms with Crippen LogP contribution < -0.4 is 4.87 Å². The Morgan fingerprint density at radius 3 is 2.71 bits per heavy atom. The summed E-state index contributed by atoms with van der Waals surface area (Å²) in [6, 6.07) is 7.75. The number of hydrogen-bond acceptors (Lipinski definition) is 4. The Kier molecular flexibility index (Phi) is 3.51. The van der Waals surface area contributed by atoms with Gasteiger partial charge >= 0.3 is 4.87 Å². The highest BCUT2D eigenvalue weighted by atomic mass is 32.2. The minimum absolute atomic E-state index is 0.111. The van der Waals surface area contributed by atoms with Crippen molar-refractivity contribution < 1.29 is 8.42 Å². The molecule has 1 aliphatic rings. The van der Waals surface area contributed by atoms with Crippen LogP contribution in [0.3, 0.4) is 0 Å². The van der Waals surface area contributed by atoms with Crippen molar-refractivity contribution in [2.75, 3.05) is 7.05 Å². The molecule has 3 rings (SSSR count). The van der Waals surface area contributed by atoms with E-state index >= 15 is 0 Å². The smallest absolute Gasteiger partial charge is 0.305 e. The number of aromatic amines is 1. The molecule has 112 valence electrons. The SMILES string of the molecule is Cc1[nH]c(=O)sc1S(=O)(=O)N(C)C1CCc2ccccc21. The molecule has 0 amide bonds. The van der Waals surface area contributed by atoms with Crippen LogP contribution >= 0.6 is 11.3 Å². The predicted molar refractivity (Wildman–Crippen MR) is 82.1 cm³/mol. The van der Waals surface area contributed by atoms with E-state index in [0.29, 0.717) is 5.69 Å². The molecule has 0 saturated carbocycles. The normalized spacial score (nSPS) is 18.1. The van der Waals surface area contributed by atoms with Gasteiger partial charge in [0.1, 0.15) is 0 Å². The van der Waals surface area contributed by atoms with Crippen LogP contribution in [0.4, 0.5) is 0 Å². The number of fused-ring (bicyclic) bond motifs is 1. The predicted octanol–water partition coefficient (Wildman–Crippen LogP) is 2.05. The van der Waals surface area contributed by atoms with Gasteiger partial charge in [0.25, 0.3) is 10.0 Å². The van der Waals surface area contributed by atoms with Gasteiger partial charge in [-0.15, -0.1) is 0 Å². The number of nitrogens with one attached hydrogen (secondary N) is 1. The second kappa shape index (κ2) is 5.08. The average molecular weight is 324 g/mol. The summed E-state index contributed by atoms with van der Waals surface area (Å²) >= 11 is 0.749. The Labute approximate surface area is 127 Å². The number of benzene rings is 1. The van der Waals surface area contributed by atoms with Gasteiger partial charge in [0.05, 0.1) is 6.04 Å². The molecule has 0 spiro atoms. The van der Waals surface area contributed by atoms with Gasteiger partial charge in [-0.2, -0.15) is 4.31 Å². The molecule has 0 fully saturated rings. The molecular weight excluding hydrogens is 308 g/mol. The minimum Gasteiger partial charge on any atom is -0.315 e.